The maximum atomic E-state index is 13.6. The quantitative estimate of drug-likeness (QED) is 0.577. The highest BCUT2D eigenvalue weighted by molar-refractivity contribution is 9.10. The van der Waals surface area contributed by atoms with Crippen molar-refractivity contribution in [1.82, 2.24) is 10.3 Å². The molecule has 2 N–H and O–H groups in total. The molecule has 3 rings (SSSR count). The summed E-state index contributed by atoms with van der Waals surface area (Å²) in [5.41, 5.74) is 1.69. The van der Waals surface area contributed by atoms with E-state index in [2.05, 4.69) is 31.5 Å². The van der Waals surface area contributed by atoms with Crippen LogP contribution in [0.2, 0.25) is 0 Å². The number of nitrogens with one attached hydrogen (secondary N) is 2. The van der Waals surface area contributed by atoms with Crippen molar-refractivity contribution >= 4 is 55.6 Å². The third-order valence-corrected chi connectivity index (χ3v) is 4.70. The smallest absolute Gasteiger partial charge is 0.260 e. The summed E-state index contributed by atoms with van der Waals surface area (Å²) in [5.74, 6) is -1.21. The molecule has 1 amide bonds. The molecule has 0 aliphatic rings. The van der Waals surface area contributed by atoms with Crippen molar-refractivity contribution in [2.75, 3.05) is 5.32 Å². The van der Waals surface area contributed by atoms with Crippen molar-refractivity contribution in [3.63, 3.8) is 0 Å². The van der Waals surface area contributed by atoms with Crippen LogP contribution in [0.3, 0.4) is 0 Å². The van der Waals surface area contributed by atoms with E-state index >= 15 is 0 Å². The third kappa shape index (κ3) is 4.47. The van der Waals surface area contributed by atoms with Gasteiger partial charge in [0, 0.05) is 15.4 Å². The van der Waals surface area contributed by atoms with Gasteiger partial charge in [-0.15, -0.1) is 11.3 Å². The van der Waals surface area contributed by atoms with Gasteiger partial charge in [-0.1, -0.05) is 40.2 Å². The minimum Gasteiger partial charge on any atom is -0.308 e. The van der Waals surface area contributed by atoms with E-state index in [1.165, 1.54) is 29.5 Å². The van der Waals surface area contributed by atoms with Gasteiger partial charge in [0.15, 0.2) is 10.2 Å². The van der Waals surface area contributed by atoms with Gasteiger partial charge in [-0.3, -0.25) is 10.1 Å². The molecule has 1 heterocycles. The predicted octanol–water partition coefficient (Wildman–Crippen LogP) is 4.84. The molecule has 0 saturated heterocycles. The summed E-state index contributed by atoms with van der Waals surface area (Å²) in [5, 5.41) is 7.76. The second-order valence-corrected chi connectivity index (χ2v) is 7.11. The number of benzene rings is 2. The first-order valence-corrected chi connectivity index (χ1v) is 9.19. The second-order valence-electron chi connectivity index (χ2n) is 4.93. The maximum absolute atomic E-state index is 13.6. The van der Waals surface area contributed by atoms with Crippen LogP contribution in [0.1, 0.15) is 10.4 Å². The molecule has 126 valence electrons. The molecule has 25 heavy (non-hydrogen) atoms. The summed E-state index contributed by atoms with van der Waals surface area (Å²) in [7, 11) is 0. The fourth-order valence-electron chi connectivity index (χ4n) is 2.03. The van der Waals surface area contributed by atoms with Gasteiger partial charge in [0.25, 0.3) is 5.91 Å². The van der Waals surface area contributed by atoms with Crippen LogP contribution in [-0.2, 0) is 0 Å². The predicted molar refractivity (Wildman–Crippen MR) is 105 cm³/mol. The zero-order chi connectivity index (χ0) is 17.8. The average Bonchev–Trinajstić information content (AvgIpc) is 3.04. The van der Waals surface area contributed by atoms with Gasteiger partial charge in [0.1, 0.15) is 5.82 Å². The highest BCUT2D eigenvalue weighted by atomic mass is 79.9. The number of hydrogen-bond acceptors (Lipinski definition) is 4. The Balaban J connectivity index is 1.65. The Kier molecular flexibility index (Phi) is 5.52. The van der Waals surface area contributed by atoms with Crippen LogP contribution in [0.5, 0.6) is 0 Å². The fourth-order valence-corrected chi connectivity index (χ4v) is 3.27. The van der Waals surface area contributed by atoms with E-state index in [0.717, 1.165) is 15.7 Å². The zero-order valence-corrected chi connectivity index (χ0v) is 15.8. The molecule has 1 aromatic heterocycles. The summed E-state index contributed by atoms with van der Waals surface area (Å²) in [6.45, 7) is 0. The Morgan fingerprint density at radius 3 is 2.60 bits per heavy atom. The lowest BCUT2D eigenvalue weighted by atomic mass is 10.2. The van der Waals surface area contributed by atoms with Crippen LogP contribution in [0.15, 0.2) is 58.4 Å². The normalized spacial score (nSPS) is 10.3. The van der Waals surface area contributed by atoms with Gasteiger partial charge in [0.05, 0.1) is 11.3 Å². The van der Waals surface area contributed by atoms with E-state index in [1.807, 2.05) is 29.6 Å². The zero-order valence-electron chi connectivity index (χ0n) is 12.6. The molecule has 0 radical (unpaired) electrons. The molecule has 0 spiro atoms. The van der Waals surface area contributed by atoms with Crippen molar-refractivity contribution in [3.05, 3.63) is 69.8 Å². The number of carbonyl (C=O) groups excluding carboxylic acids is 1. The lowest BCUT2D eigenvalue weighted by Crippen LogP contribution is -2.34. The van der Waals surface area contributed by atoms with Crippen LogP contribution in [0.25, 0.3) is 11.3 Å². The Morgan fingerprint density at radius 1 is 1.16 bits per heavy atom. The summed E-state index contributed by atoms with van der Waals surface area (Å²) in [6, 6.07) is 13.5. The van der Waals surface area contributed by atoms with Gasteiger partial charge in [-0.25, -0.2) is 9.37 Å². The van der Waals surface area contributed by atoms with Crippen molar-refractivity contribution < 1.29 is 9.18 Å². The van der Waals surface area contributed by atoms with E-state index in [0.29, 0.717) is 5.13 Å². The van der Waals surface area contributed by atoms with Gasteiger partial charge in [0.2, 0.25) is 0 Å². The average molecular weight is 436 g/mol. The molecule has 0 atom stereocenters. The number of thiocarbonyl (C=S) groups is 1. The monoisotopic (exact) mass is 435 g/mol. The number of carbonyl (C=O) groups is 1. The van der Waals surface area contributed by atoms with Crippen LogP contribution < -0.4 is 10.6 Å². The molecule has 0 aliphatic heterocycles. The Bertz CT molecular complexity index is 928. The SMILES string of the molecule is O=C(NC(=S)Nc1nc(-c2ccc(Br)cc2)cs1)c1ccccc1F. The van der Waals surface area contributed by atoms with E-state index in [4.69, 9.17) is 12.2 Å². The Morgan fingerprint density at radius 2 is 1.88 bits per heavy atom. The number of thiazole rings is 1. The van der Waals surface area contributed by atoms with Crippen molar-refractivity contribution in [3.8, 4) is 11.3 Å². The standard InChI is InChI=1S/C17H11BrFN3OS2/c18-11-7-5-10(6-8-11)14-9-25-17(20-14)22-16(24)21-15(23)12-3-1-2-4-13(12)19/h1-9H,(H2,20,21,22,23,24). The number of hydrogen-bond donors (Lipinski definition) is 2. The van der Waals surface area contributed by atoms with E-state index < -0.39 is 11.7 Å². The van der Waals surface area contributed by atoms with Crippen molar-refractivity contribution in [2.24, 2.45) is 0 Å². The largest absolute Gasteiger partial charge is 0.308 e. The number of anilines is 1. The summed E-state index contributed by atoms with van der Waals surface area (Å²) in [4.78, 5) is 16.5. The van der Waals surface area contributed by atoms with Gasteiger partial charge in [-0.05, 0) is 36.5 Å². The highest BCUT2D eigenvalue weighted by Gasteiger charge is 2.13. The number of halogens is 2. The molecule has 0 unspecified atom stereocenters. The molecular weight excluding hydrogens is 425 g/mol. The summed E-state index contributed by atoms with van der Waals surface area (Å²) < 4.78 is 14.6. The number of nitrogens with zero attached hydrogens (tertiary/aromatic N) is 1. The molecule has 0 bridgehead atoms. The van der Waals surface area contributed by atoms with E-state index in [9.17, 15) is 9.18 Å². The Labute approximate surface area is 161 Å². The maximum Gasteiger partial charge on any atom is 0.260 e. The first-order valence-electron chi connectivity index (χ1n) is 7.11. The minimum absolute atomic E-state index is 0.0601. The first kappa shape index (κ1) is 17.7. The number of amides is 1. The summed E-state index contributed by atoms with van der Waals surface area (Å²) >= 11 is 9.84. The number of aromatic nitrogens is 1. The van der Waals surface area contributed by atoms with Crippen molar-refractivity contribution in [1.29, 1.82) is 0 Å². The molecule has 2 aromatic carbocycles. The molecule has 0 aliphatic carbocycles. The van der Waals surface area contributed by atoms with Gasteiger partial charge < -0.3 is 5.32 Å². The second kappa shape index (κ2) is 7.81. The first-order chi connectivity index (χ1) is 12.0. The Hall–Kier alpha value is -2.16. The van der Waals surface area contributed by atoms with Crippen molar-refractivity contribution in [2.45, 2.75) is 0 Å². The van der Waals surface area contributed by atoms with Crippen LogP contribution in [0.4, 0.5) is 9.52 Å². The van der Waals surface area contributed by atoms with Gasteiger partial charge >= 0.3 is 0 Å². The van der Waals surface area contributed by atoms with Crippen LogP contribution in [-0.4, -0.2) is 16.0 Å². The molecule has 4 nitrogen and oxygen atoms in total. The molecule has 8 heteroatoms. The molecule has 0 fully saturated rings. The fraction of sp³-hybridized carbons (Fsp3) is 0. The van der Waals surface area contributed by atoms with E-state index in [-0.39, 0.29) is 10.7 Å². The van der Waals surface area contributed by atoms with E-state index in [1.54, 1.807) is 6.07 Å². The van der Waals surface area contributed by atoms with Gasteiger partial charge in [-0.2, -0.15) is 0 Å². The minimum atomic E-state index is -0.611. The number of rotatable bonds is 3. The van der Waals surface area contributed by atoms with Crippen LogP contribution in [0, 0.1) is 5.82 Å². The molecular formula is C17H11BrFN3OS2. The lowest BCUT2D eigenvalue weighted by Gasteiger charge is -2.07. The lowest BCUT2D eigenvalue weighted by molar-refractivity contribution is 0.0974. The van der Waals surface area contributed by atoms with Crippen LogP contribution >= 0.6 is 39.5 Å². The molecule has 0 saturated carbocycles. The topological polar surface area (TPSA) is 54.0 Å². The summed E-state index contributed by atoms with van der Waals surface area (Å²) in [6.07, 6.45) is 0. The highest BCUT2D eigenvalue weighted by Crippen LogP contribution is 2.26. The third-order valence-electron chi connectivity index (χ3n) is 3.21. The molecule has 3 aromatic rings.